The van der Waals surface area contributed by atoms with Crippen molar-refractivity contribution >= 4 is 5.97 Å². The number of rotatable bonds is 4. The van der Waals surface area contributed by atoms with E-state index in [1.54, 1.807) is 26.0 Å². The number of aliphatic hydroxyl groups excluding tert-OH is 1. The van der Waals surface area contributed by atoms with Gasteiger partial charge in [-0.05, 0) is 36.6 Å². The Labute approximate surface area is 100 Å². The summed E-state index contributed by atoms with van der Waals surface area (Å²) in [4.78, 5) is 11.4. The van der Waals surface area contributed by atoms with Crippen LogP contribution in [0.25, 0.3) is 0 Å². The van der Waals surface area contributed by atoms with Crippen LogP contribution in [0.2, 0.25) is 0 Å². The van der Waals surface area contributed by atoms with Crippen molar-refractivity contribution in [1.82, 2.24) is 0 Å². The molecule has 0 amide bonds. The first-order valence-electron chi connectivity index (χ1n) is 5.42. The van der Waals surface area contributed by atoms with Crippen LogP contribution in [0.3, 0.4) is 0 Å². The molecular formula is C13H15NO3. The van der Waals surface area contributed by atoms with Crippen LogP contribution in [-0.2, 0) is 22.6 Å². The van der Waals surface area contributed by atoms with E-state index in [4.69, 9.17) is 10.00 Å². The Morgan fingerprint density at radius 3 is 2.76 bits per heavy atom. The highest BCUT2D eigenvalue weighted by Gasteiger charge is 2.12. The maximum atomic E-state index is 11.4. The molecule has 0 aliphatic carbocycles. The summed E-state index contributed by atoms with van der Waals surface area (Å²) in [6.07, 6.45) is 0.165. The van der Waals surface area contributed by atoms with Gasteiger partial charge in [-0.15, -0.1) is 0 Å². The van der Waals surface area contributed by atoms with Crippen LogP contribution in [0, 0.1) is 18.3 Å². The van der Waals surface area contributed by atoms with E-state index in [9.17, 15) is 9.90 Å². The van der Waals surface area contributed by atoms with E-state index < -0.39 is 0 Å². The molecule has 0 spiro atoms. The van der Waals surface area contributed by atoms with Gasteiger partial charge in [-0.1, -0.05) is 6.07 Å². The number of nitrogens with zero attached hydrogens (tertiary/aromatic N) is 1. The van der Waals surface area contributed by atoms with Crippen LogP contribution in [-0.4, -0.2) is 17.7 Å². The first-order chi connectivity index (χ1) is 8.13. The molecule has 1 aromatic rings. The van der Waals surface area contributed by atoms with E-state index in [1.807, 2.05) is 6.07 Å². The number of aliphatic hydroxyl groups is 1. The molecule has 0 unspecified atom stereocenters. The molecule has 0 fully saturated rings. The highest BCUT2D eigenvalue weighted by atomic mass is 16.5. The standard InChI is InChI=1S/C13H15NO3/c1-3-17-13(16)6-10-4-5-11(7-14)12(8-15)9(10)2/h4-5,15H,3,6,8H2,1-2H3. The Hall–Kier alpha value is -1.86. The number of carbonyl (C=O) groups excluding carboxylic acids is 1. The van der Waals surface area contributed by atoms with E-state index in [-0.39, 0.29) is 19.0 Å². The summed E-state index contributed by atoms with van der Waals surface area (Å²) < 4.78 is 4.86. The summed E-state index contributed by atoms with van der Waals surface area (Å²) in [7, 11) is 0. The molecule has 0 saturated heterocycles. The molecule has 17 heavy (non-hydrogen) atoms. The first kappa shape index (κ1) is 13.2. The molecule has 0 atom stereocenters. The Bertz CT molecular complexity index is 460. The van der Waals surface area contributed by atoms with Crippen molar-refractivity contribution in [3.05, 3.63) is 34.4 Å². The van der Waals surface area contributed by atoms with Crippen molar-refractivity contribution < 1.29 is 14.6 Å². The third kappa shape index (κ3) is 3.05. The van der Waals surface area contributed by atoms with Crippen LogP contribution in [0.4, 0.5) is 0 Å². The second-order valence-electron chi connectivity index (χ2n) is 3.63. The summed E-state index contributed by atoms with van der Waals surface area (Å²) in [5, 5.41) is 18.1. The molecule has 1 rings (SSSR count). The molecular weight excluding hydrogens is 218 g/mol. The zero-order chi connectivity index (χ0) is 12.8. The topological polar surface area (TPSA) is 70.3 Å². The third-order valence-corrected chi connectivity index (χ3v) is 2.63. The van der Waals surface area contributed by atoms with E-state index in [0.717, 1.165) is 11.1 Å². The van der Waals surface area contributed by atoms with Crippen LogP contribution < -0.4 is 0 Å². The number of nitriles is 1. The molecule has 0 heterocycles. The smallest absolute Gasteiger partial charge is 0.310 e. The lowest BCUT2D eigenvalue weighted by molar-refractivity contribution is -0.142. The average Bonchev–Trinajstić information content (AvgIpc) is 2.31. The number of benzene rings is 1. The average molecular weight is 233 g/mol. The van der Waals surface area contributed by atoms with Gasteiger partial charge in [-0.3, -0.25) is 4.79 Å². The quantitative estimate of drug-likeness (QED) is 0.799. The van der Waals surface area contributed by atoms with Crippen molar-refractivity contribution in [3.8, 4) is 6.07 Å². The molecule has 4 nitrogen and oxygen atoms in total. The normalized spacial score (nSPS) is 9.76. The second-order valence-corrected chi connectivity index (χ2v) is 3.63. The van der Waals surface area contributed by atoms with Gasteiger partial charge < -0.3 is 9.84 Å². The van der Waals surface area contributed by atoms with Gasteiger partial charge in [0, 0.05) is 0 Å². The molecule has 0 aromatic heterocycles. The number of hydrogen-bond acceptors (Lipinski definition) is 4. The Morgan fingerprint density at radius 1 is 1.53 bits per heavy atom. The highest BCUT2D eigenvalue weighted by molar-refractivity contribution is 5.73. The summed E-state index contributed by atoms with van der Waals surface area (Å²) in [6.45, 7) is 3.69. The number of ether oxygens (including phenoxy) is 1. The van der Waals surface area contributed by atoms with Gasteiger partial charge in [0.25, 0.3) is 0 Å². The largest absolute Gasteiger partial charge is 0.466 e. The predicted octanol–water partition coefficient (Wildman–Crippen LogP) is 1.46. The second kappa shape index (κ2) is 6.02. The van der Waals surface area contributed by atoms with Gasteiger partial charge in [-0.2, -0.15) is 5.26 Å². The van der Waals surface area contributed by atoms with Crippen molar-refractivity contribution in [3.63, 3.8) is 0 Å². The summed E-state index contributed by atoms with van der Waals surface area (Å²) >= 11 is 0. The third-order valence-electron chi connectivity index (χ3n) is 2.63. The maximum absolute atomic E-state index is 11.4. The molecule has 0 bridgehead atoms. The predicted molar refractivity (Wildman–Crippen MR) is 62.2 cm³/mol. The summed E-state index contributed by atoms with van der Waals surface area (Å²) in [5.41, 5.74) is 2.58. The number of hydrogen-bond donors (Lipinski definition) is 1. The van der Waals surface area contributed by atoms with Gasteiger partial charge in [-0.25, -0.2) is 0 Å². The Morgan fingerprint density at radius 2 is 2.24 bits per heavy atom. The van der Waals surface area contributed by atoms with Crippen molar-refractivity contribution in [2.45, 2.75) is 26.9 Å². The van der Waals surface area contributed by atoms with Gasteiger partial charge in [0.2, 0.25) is 0 Å². The first-order valence-corrected chi connectivity index (χ1v) is 5.42. The zero-order valence-electron chi connectivity index (χ0n) is 9.99. The van der Waals surface area contributed by atoms with Gasteiger partial charge in [0.1, 0.15) is 0 Å². The minimum Gasteiger partial charge on any atom is -0.466 e. The van der Waals surface area contributed by atoms with Crippen LogP contribution in [0.1, 0.15) is 29.2 Å². The van der Waals surface area contributed by atoms with Crippen LogP contribution in [0.5, 0.6) is 0 Å². The SMILES string of the molecule is CCOC(=O)Cc1ccc(C#N)c(CO)c1C. The molecule has 4 heteroatoms. The maximum Gasteiger partial charge on any atom is 0.310 e. The molecule has 90 valence electrons. The van der Waals surface area contributed by atoms with E-state index in [2.05, 4.69) is 0 Å². The molecule has 1 N–H and O–H groups in total. The Kier molecular flexibility index (Phi) is 4.68. The van der Waals surface area contributed by atoms with Gasteiger partial charge >= 0.3 is 5.97 Å². The summed E-state index contributed by atoms with van der Waals surface area (Å²) in [5.74, 6) is -0.302. The Balaban J connectivity index is 3.03. The molecule has 0 saturated carbocycles. The van der Waals surface area contributed by atoms with Gasteiger partial charge in [0.15, 0.2) is 0 Å². The lowest BCUT2D eigenvalue weighted by Gasteiger charge is -2.10. The lowest BCUT2D eigenvalue weighted by Crippen LogP contribution is -2.10. The number of carbonyl (C=O) groups is 1. The monoisotopic (exact) mass is 233 g/mol. The fourth-order valence-corrected chi connectivity index (χ4v) is 1.67. The fraction of sp³-hybridized carbons (Fsp3) is 0.385. The van der Waals surface area contributed by atoms with E-state index in [0.29, 0.717) is 17.7 Å². The number of esters is 1. The van der Waals surface area contributed by atoms with Gasteiger partial charge in [0.05, 0.1) is 31.3 Å². The molecule has 0 radical (unpaired) electrons. The lowest BCUT2D eigenvalue weighted by atomic mass is 9.96. The molecule has 1 aromatic carbocycles. The van der Waals surface area contributed by atoms with Crippen LogP contribution in [0.15, 0.2) is 12.1 Å². The minimum absolute atomic E-state index is 0.165. The van der Waals surface area contributed by atoms with E-state index in [1.165, 1.54) is 0 Å². The van der Waals surface area contributed by atoms with Crippen molar-refractivity contribution in [2.24, 2.45) is 0 Å². The fourth-order valence-electron chi connectivity index (χ4n) is 1.67. The molecule has 0 aliphatic heterocycles. The minimum atomic E-state index is -0.302. The highest BCUT2D eigenvalue weighted by Crippen LogP contribution is 2.19. The van der Waals surface area contributed by atoms with Crippen molar-refractivity contribution in [1.29, 1.82) is 5.26 Å². The van der Waals surface area contributed by atoms with Crippen molar-refractivity contribution in [2.75, 3.05) is 6.61 Å². The van der Waals surface area contributed by atoms with E-state index >= 15 is 0 Å². The molecule has 0 aliphatic rings. The summed E-state index contributed by atoms with van der Waals surface area (Å²) in [6, 6.07) is 5.36. The zero-order valence-corrected chi connectivity index (χ0v) is 9.99. The van der Waals surface area contributed by atoms with Crippen LogP contribution >= 0.6 is 0 Å².